The van der Waals surface area contributed by atoms with E-state index >= 15 is 0 Å². The minimum Gasteiger partial charge on any atom is -0.368 e. The lowest BCUT2D eigenvalue weighted by Crippen LogP contribution is -2.52. The third-order valence-corrected chi connectivity index (χ3v) is 3.41. The zero-order valence-corrected chi connectivity index (χ0v) is 10.7. The molecule has 0 aliphatic carbocycles. The van der Waals surface area contributed by atoms with Crippen LogP contribution in [0.3, 0.4) is 0 Å². The Balaban J connectivity index is 1.68. The predicted molar refractivity (Wildman–Crippen MR) is 65.4 cm³/mol. The maximum atomic E-state index is 12.2. The van der Waals surface area contributed by atoms with Crippen LogP contribution in [0.25, 0.3) is 0 Å². The fraction of sp³-hybridized carbons (Fsp3) is 0.500. The summed E-state index contributed by atoms with van der Waals surface area (Å²) < 4.78 is 21.8. The molecule has 5 heteroatoms. The van der Waals surface area contributed by atoms with Gasteiger partial charge in [-0.05, 0) is 5.56 Å². The molecular formula is C14H16O5. The summed E-state index contributed by atoms with van der Waals surface area (Å²) in [5, 5.41) is 0. The average Bonchev–Trinajstić information content (AvgIpc) is 2.86. The lowest BCUT2D eigenvalue weighted by atomic mass is 10.0. The van der Waals surface area contributed by atoms with Gasteiger partial charge >= 0.3 is 0 Å². The first-order valence-electron chi connectivity index (χ1n) is 6.28. The SMILES string of the molecule is CO[C@@H]1C(=O)[C@H](OCc2ccccc2)[C@H]2CO[C@@H]1O2. The van der Waals surface area contributed by atoms with Crippen LogP contribution in [0.4, 0.5) is 0 Å². The molecular weight excluding hydrogens is 248 g/mol. The molecule has 0 unspecified atom stereocenters. The van der Waals surface area contributed by atoms with Gasteiger partial charge in [-0.15, -0.1) is 0 Å². The summed E-state index contributed by atoms with van der Waals surface area (Å²) in [6.07, 6.45) is -2.23. The van der Waals surface area contributed by atoms with Gasteiger partial charge in [-0.2, -0.15) is 0 Å². The van der Waals surface area contributed by atoms with Gasteiger partial charge < -0.3 is 18.9 Å². The zero-order valence-electron chi connectivity index (χ0n) is 10.7. The van der Waals surface area contributed by atoms with Crippen molar-refractivity contribution in [2.75, 3.05) is 13.7 Å². The highest BCUT2D eigenvalue weighted by Gasteiger charge is 2.51. The van der Waals surface area contributed by atoms with Crippen molar-refractivity contribution < 1.29 is 23.7 Å². The number of Topliss-reactive ketones (excluding diaryl/α,β-unsaturated/α-hetero) is 1. The zero-order chi connectivity index (χ0) is 13.2. The number of benzene rings is 1. The van der Waals surface area contributed by atoms with Crippen LogP contribution >= 0.6 is 0 Å². The number of fused-ring (bicyclic) bond motifs is 2. The first kappa shape index (κ1) is 12.7. The molecule has 4 atom stereocenters. The molecule has 1 aromatic rings. The van der Waals surface area contributed by atoms with E-state index in [2.05, 4.69) is 0 Å². The molecule has 2 heterocycles. The number of hydrogen-bond donors (Lipinski definition) is 0. The normalized spacial score (nSPS) is 33.6. The molecule has 3 rings (SSSR count). The van der Waals surface area contributed by atoms with Crippen LogP contribution in [0.1, 0.15) is 5.56 Å². The van der Waals surface area contributed by atoms with E-state index in [4.69, 9.17) is 18.9 Å². The Hall–Kier alpha value is -1.27. The van der Waals surface area contributed by atoms with Crippen molar-refractivity contribution in [2.45, 2.75) is 31.2 Å². The Labute approximate surface area is 111 Å². The molecule has 2 aliphatic rings. The van der Waals surface area contributed by atoms with Crippen molar-refractivity contribution in [3.05, 3.63) is 35.9 Å². The molecule has 0 saturated carbocycles. The van der Waals surface area contributed by atoms with Crippen molar-refractivity contribution in [3.63, 3.8) is 0 Å². The summed E-state index contributed by atoms with van der Waals surface area (Å²) in [6.45, 7) is 0.744. The number of hydrogen-bond acceptors (Lipinski definition) is 5. The van der Waals surface area contributed by atoms with Gasteiger partial charge in [0.15, 0.2) is 18.2 Å². The quantitative estimate of drug-likeness (QED) is 0.809. The van der Waals surface area contributed by atoms with Crippen LogP contribution in [-0.2, 0) is 30.3 Å². The monoisotopic (exact) mass is 264 g/mol. The van der Waals surface area contributed by atoms with Gasteiger partial charge in [-0.3, -0.25) is 4.79 Å². The van der Waals surface area contributed by atoms with Gasteiger partial charge in [-0.25, -0.2) is 0 Å². The molecule has 2 bridgehead atoms. The van der Waals surface area contributed by atoms with Crippen LogP contribution in [0.5, 0.6) is 0 Å². The Morgan fingerprint density at radius 2 is 2.05 bits per heavy atom. The molecule has 0 amide bonds. The van der Waals surface area contributed by atoms with E-state index in [0.29, 0.717) is 13.2 Å². The summed E-state index contributed by atoms with van der Waals surface area (Å²) in [5.41, 5.74) is 1.02. The fourth-order valence-corrected chi connectivity index (χ4v) is 2.41. The summed E-state index contributed by atoms with van der Waals surface area (Å²) in [6, 6.07) is 9.72. The van der Waals surface area contributed by atoms with E-state index in [1.54, 1.807) is 0 Å². The highest BCUT2D eigenvalue weighted by molar-refractivity contribution is 5.89. The second-order valence-electron chi connectivity index (χ2n) is 4.65. The molecule has 5 nitrogen and oxygen atoms in total. The van der Waals surface area contributed by atoms with E-state index < -0.39 is 18.5 Å². The predicted octanol–water partition coefficient (Wildman–Crippen LogP) is 0.911. The molecule has 0 radical (unpaired) electrons. The Morgan fingerprint density at radius 1 is 1.26 bits per heavy atom. The highest BCUT2D eigenvalue weighted by atomic mass is 16.8. The number of methoxy groups -OCH3 is 1. The maximum Gasteiger partial charge on any atom is 0.198 e. The molecule has 102 valence electrons. The summed E-state index contributed by atoms with van der Waals surface area (Å²) in [4.78, 5) is 12.2. The van der Waals surface area contributed by atoms with Gasteiger partial charge in [0.1, 0.15) is 12.2 Å². The smallest absolute Gasteiger partial charge is 0.198 e. The second-order valence-corrected chi connectivity index (χ2v) is 4.65. The van der Waals surface area contributed by atoms with Gasteiger partial charge in [-0.1, -0.05) is 30.3 Å². The molecule has 2 aliphatic heterocycles. The number of ketones is 1. The van der Waals surface area contributed by atoms with Crippen molar-refractivity contribution in [1.29, 1.82) is 0 Å². The van der Waals surface area contributed by atoms with E-state index in [1.165, 1.54) is 7.11 Å². The van der Waals surface area contributed by atoms with E-state index in [0.717, 1.165) is 5.56 Å². The number of carbonyl (C=O) groups is 1. The minimum absolute atomic E-state index is 0.0998. The minimum atomic E-state index is -0.695. The highest BCUT2D eigenvalue weighted by Crippen LogP contribution is 2.29. The van der Waals surface area contributed by atoms with Crippen LogP contribution in [-0.4, -0.2) is 44.1 Å². The number of ether oxygens (including phenoxy) is 4. The third-order valence-electron chi connectivity index (χ3n) is 3.41. The standard InChI is InChI=1S/C14H16O5/c1-16-13-11(15)12(10-8-18-14(13)19-10)17-7-9-5-3-2-4-6-9/h2-6,10,12-14H,7-8H2,1H3/t10-,12-,13-,14-/m1/s1. The largest absolute Gasteiger partial charge is 0.368 e. The Bertz CT molecular complexity index is 446. The second kappa shape index (κ2) is 5.38. The van der Waals surface area contributed by atoms with Crippen molar-refractivity contribution in [2.24, 2.45) is 0 Å². The van der Waals surface area contributed by atoms with Gasteiger partial charge in [0.05, 0.1) is 13.2 Å². The van der Waals surface area contributed by atoms with E-state index in [-0.39, 0.29) is 11.9 Å². The third kappa shape index (κ3) is 2.42. The molecule has 2 saturated heterocycles. The van der Waals surface area contributed by atoms with E-state index in [9.17, 15) is 4.79 Å². The van der Waals surface area contributed by atoms with Crippen LogP contribution in [0.15, 0.2) is 30.3 Å². The summed E-state index contributed by atoms with van der Waals surface area (Å²) in [7, 11) is 1.47. The van der Waals surface area contributed by atoms with Gasteiger partial charge in [0.2, 0.25) is 0 Å². The number of carbonyl (C=O) groups excluding carboxylic acids is 1. The molecule has 19 heavy (non-hydrogen) atoms. The first-order valence-corrected chi connectivity index (χ1v) is 6.28. The number of rotatable bonds is 4. The van der Waals surface area contributed by atoms with Gasteiger partial charge in [0.25, 0.3) is 0 Å². The van der Waals surface area contributed by atoms with Crippen molar-refractivity contribution in [3.8, 4) is 0 Å². The lowest BCUT2D eigenvalue weighted by molar-refractivity contribution is -0.200. The van der Waals surface area contributed by atoms with E-state index in [1.807, 2.05) is 30.3 Å². The maximum absolute atomic E-state index is 12.2. The summed E-state index contributed by atoms with van der Waals surface area (Å²) >= 11 is 0. The Morgan fingerprint density at radius 3 is 2.79 bits per heavy atom. The molecule has 0 spiro atoms. The molecule has 0 N–H and O–H groups in total. The molecule has 1 aromatic carbocycles. The van der Waals surface area contributed by atoms with Gasteiger partial charge in [0, 0.05) is 7.11 Å². The lowest BCUT2D eigenvalue weighted by Gasteiger charge is -2.31. The first-order chi connectivity index (χ1) is 9.29. The molecule has 0 aromatic heterocycles. The molecule has 2 fully saturated rings. The van der Waals surface area contributed by atoms with Crippen molar-refractivity contribution >= 4 is 5.78 Å². The fourth-order valence-electron chi connectivity index (χ4n) is 2.41. The van der Waals surface area contributed by atoms with Crippen LogP contribution < -0.4 is 0 Å². The van der Waals surface area contributed by atoms with Crippen LogP contribution in [0.2, 0.25) is 0 Å². The summed E-state index contributed by atoms with van der Waals surface area (Å²) in [5.74, 6) is -0.0998. The topological polar surface area (TPSA) is 54.0 Å². The van der Waals surface area contributed by atoms with Crippen LogP contribution in [0, 0.1) is 0 Å². The van der Waals surface area contributed by atoms with Crippen molar-refractivity contribution in [1.82, 2.24) is 0 Å². The Kier molecular flexibility index (Phi) is 3.61. The average molecular weight is 264 g/mol.